The van der Waals surface area contributed by atoms with Gasteiger partial charge in [0.2, 0.25) is 0 Å². The van der Waals surface area contributed by atoms with Crippen molar-refractivity contribution in [2.45, 2.75) is 40.0 Å². The van der Waals surface area contributed by atoms with Crippen molar-refractivity contribution in [3.8, 4) is 0 Å². The van der Waals surface area contributed by atoms with Gasteiger partial charge in [0.1, 0.15) is 0 Å². The summed E-state index contributed by atoms with van der Waals surface area (Å²) >= 11 is 0. The highest BCUT2D eigenvalue weighted by Crippen LogP contribution is 2.14. The van der Waals surface area contributed by atoms with Gasteiger partial charge in [-0.3, -0.25) is 0 Å². The first-order valence-electron chi connectivity index (χ1n) is 6.51. The standard InChI is InChI=1S/C15H22N2O/c1-4-13-8-7-12(11-14(13)5-2)9-10-18-15(16)17-6-3/h6-8,11,16H,4-5,9-10H2,1-3H3/b16-15?,17-6+. The molecule has 1 N–H and O–H groups in total. The second kappa shape index (κ2) is 7.64. The van der Waals surface area contributed by atoms with E-state index in [1.807, 2.05) is 0 Å². The van der Waals surface area contributed by atoms with Gasteiger partial charge in [-0.1, -0.05) is 32.0 Å². The number of benzene rings is 1. The number of hydrogen-bond acceptors (Lipinski definition) is 2. The van der Waals surface area contributed by atoms with E-state index >= 15 is 0 Å². The topological polar surface area (TPSA) is 45.4 Å². The Morgan fingerprint density at radius 3 is 2.61 bits per heavy atom. The molecule has 0 bridgehead atoms. The molecule has 0 unspecified atom stereocenters. The fourth-order valence-corrected chi connectivity index (χ4v) is 1.93. The average molecular weight is 246 g/mol. The van der Waals surface area contributed by atoms with Gasteiger partial charge in [0.05, 0.1) is 6.61 Å². The first-order valence-corrected chi connectivity index (χ1v) is 6.51. The normalized spacial score (nSPS) is 10.8. The quantitative estimate of drug-likeness (QED) is 0.628. The summed E-state index contributed by atoms with van der Waals surface area (Å²) in [7, 11) is 0. The highest BCUT2D eigenvalue weighted by atomic mass is 16.5. The molecule has 0 saturated heterocycles. The van der Waals surface area contributed by atoms with Crippen molar-refractivity contribution in [2.75, 3.05) is 6.61 Å². The molecule has 0 heterocycles. The summed E-state index contributed by atoms with van der Waals surface area (Å²) < 4.78 is 5.20. The number of amidine groups is 1. The van der Waals surface area contributed by atoms with Crippen LogP contribution in [0, 0.1) is 5.41 Å². The summed E-state index contributed by atoms with van der Waals surface area (Å²) in [6, 6.07) is 6.57. The number of rotatable bonds is 5. The monoisotopic (exact) mass is 246 g/mol. The molecular formula is C15H22N2O. The van der Waals surface area contributed by atoms with E-state index in [0.29, 0.717) is 6.61 Å². The number of hydrogen-bond donors (Lipinski definition) is 1. The van der Waals surface area contributed by atoms with E-state index in [9.17, 15) is 0 Å². The molecule has 0 fully saturated rings. The van der Waals surface area contributed by atoms with Crippen LogP contribution in [0.4, 0.5) is 0 Å². The van der Waals surface area contributed by atoms with Crippen molar-refractivity contribution in [3.05, 3.63) is 34.9 Å². The third-order valence-electron chi connectivity index (χ3n) is 2.91. The number of nitrogens with zero attached hydrogens (tertiary/aromatic N) is 1. The summed E-state index contributed by atoms with van der Waals surface area (Å²) in [6.45, 7) is 6.64. The molecule has 0 spiro atoms. The van der Waals surface area contributed by atoms with Crippen LogP contribution in [0.25, 0.3) is 0 Å². The first-order chi connectivity index (χ1) is 8.71. The number of ether oxygens (including phenoxy) is 1. The summed E-state index contributed by atoms with van der Waals surface area (Å²) in [5.74, 6) is 0. The van der Waals surface area contributed by atoms with Gasteiger partial charge in [-0.05, 0) is 36.5 Å². The molecule has 18 heavy (non-hydrogen) atoms. The number of aliphatic imine (C=N–C) groups is 1. The van der Waals surface area contributed by atoms with Crippen LogP contribution in [-0.4, -0.2) is 18.8 Å². The highest BCUT2D eigenvalue weighted by Gasteiger charge is 2.02. The summed E-state index contributed by atoms with van der Waals surface area (Å²) in [5, 5.41) is 7.38. The second-order valence-corrected chi connectivity index (χ2v) is 4.10. The van der Waals surface area contributed by atoms with Gasteiger partial charge >= 0.3 is 6.02 Å². The predicted octanol–water partition coefficient (Wildman–Crippen LogP) is 3.40. The van der Waals surface area contributed by atoms with Crippen LogP contribution in [0.1, 0.15) is 37.5 Å². The van der Waals surface area contributed by atoms with Crippen LogP contribution in [-0.2, 0) is 24.0 Å². The van der Waals surface area contributed by atoms with Crippen LogP contribution in [0.15, 0.2) is 23.2 Å². The lowest BCUT2D eigenvalue weighted by Crippen LogP contribution is -2.05. The predicted molar refractivity (Wildman–Crippen MR) is 76.7 cm³/mol. The van der Waals surface area contributed by atoms with Gasteiger partial charge in [0.25, 0.3) is 0 Å². The van der Waals surface area contributed by atoms with Crippen LogP contribution in [0.5, 0.6) is 0 Å². The van der Waals surface area contributed by atoms with Crippen LogP contribution < -0.4 is 0 Å². The van der Waals surface area contributed by atoms with Gasteiger partial charge in [0.15, 0.2) is 0 Å². The largest absolute Gasteiger partial charge is 0.464 e. The molecule has 0 saturated carbocycles. The van der Waals surface area contributed by atoms with E-state index in [0.717, 1.165) is 19.3 Å². The fraction of sp³-hybridized carbons (Fsp3) is 0.467. The maximum absolute atomic E-state index is 7.38. The van der Waals surface area contributed by atoms with Crippen molar-refractivity contribution in [1.29, 1.82) is 5.41 Å². The van der Waals surface area contributed by atoms with E-state index in [1.165, 1.54) is 16.7 Å². The molecule has 0 aliphatic carbocycles. The van der Waals surface area contributed by atoms with E-state index in [-0.39, 0.29) is 6.02 Å². The fourth-order valence-electron chi connectivity index (χ4n) is 1.93. The minimum Gasteiger partial charge on any atom is -0.464 e. The van der Waals surface area contributed by atoms with E-state index < -0.39 is 0 Å². The molecular weight excluding hydrogens is 224 g/mol. The molecule has 0 aliphatic heterocycles. The molecule has 0 radical (unpaired) electrons. The smallest absolute Gasteiger partial charge is 0.308 e. The first kappa shape index (κ1) is 14.4. The van der Waals surface area contributed by atoms with E-state index in [4.69, 9.17) is 10.1 Å². The molecule has 0 aromatic heterocycles. The number of nitrogens with one attached hydrogen (secondary N) is 1. The molecule has 0 amide bonds. The van der Waals surface area contributed by atoms with Gasteiger partial charge in [-0.2, -0.15) is 0 Å². The molecule has 3 heteroatoms. The Kier molecular flexibility index (Phi) is 6.12. The van der Waals surface area contributed by atoms with E-state index in [1.54, 1.807) is 13.1 Å². The molecule has 0 aliphatic rings. The van der Waals surface area contributed by atoms with Crippen LogP contribution >= 0.6 is 0 Å². The molecule has 3 nitrogen and oxygen atoms in total. The summed E-state index contributed by atoms with van der Waals surface area (Å²) in [4.78, 5) is 3.75. The van der Waals surface area contributed by atoms with E-state index in [2.05, 4.69) is 37.0 Å². The highest BCUT2D eigenvalue weighted by molar-refractivity contribution is 5.79. The Balaban J connectivity index is 2.55. The van der Waals surface area contributed by atoms with Crippen molar-refractivity contribution < 1.29 is 4.74 Å². The number of aryl methyl sites for hydroxylation is 2. The Morgan fingerprint density at radius 2 is 2.00 bits per heavy atom. The van der Waals surface area contributed by atoms with Gasteiger partial charge in [-0.25, -0.2) is 10.4 Å². The minimum atomic E-state index is -0.0154. The van der Waals surface area contributed by atoms with Crippen LogP contribution in [0.2, 0.25) is 0 Å². The molecule has 0 atom stereocenters. The Hall–Kier alpha value is -1.64. The van der Waals surface area contributed by atoms with Crippen molar-refractivity contribution >= 4 is 12.2 Å². The lowest BCUT2D eigenvalue weighted by atomic mass is 9.99. The van der Waals surface area contributed by atoms with Gasteiger partial charge in [0, 0.05) is 12.6 Å². The molecule has 1 aromatic carbocycles. The third-order valence-corrected chi connectivity index (χ3v) is 2.91. The lowest BCUT2D eigenvalue weighted by Gasteiger charge is -2.09. The van der Waals surface area contributed by atoms with Gasteiger partial charge in [-0.15, -0.1) is 0 Å². The molecule has 98 valence electrons. The lowest BCUT2D eigenvalue weighted by molar-refractivity contribution is 0.302. The van der Waals surface area contributed by atoms with Crippen molar-refractivity contribution in [2.24, 2.45) is 4.99 Å². The second-order valence-electron chi connectivity index (χ2n) is 4.10. The average Bonchev–Trinajstić information content (AvgIpc) is 2.38. The zero-order valence-electron chi connectivity index (χ0n) is 11.5. The van der Waals surface area contributed by atoms with Crippen LogP contribution in [0.3, 0.4) is 0 Å². The maximum atomic E-state index is 7.38. The Bertz CT molecular complexity index is 425. The zero-order chi connectivity index (χ0) is 13.4. The third kappa shape index (κ3) is 4.32. The Labute approximate surface area is 109 Å². The molecule has 1 aromatic rings. The summed E-state index contributed by atoms with van der Waals surface area (Å²) in [5.41, 5.74) is 4.10. The maximum Gasteiger partial charge on any atom is 0.308 e. The summed E-state index contributed by atoms with van der Waals surface area (Å²) in [6.07, 6.45) is 4.52. The van der Waals surface area contributed by atoms with Crippen molar-refractivity contribution in [3.63, 3.8) is 0 Å². The Morgan fingerprint density at radius 1 is 1.28 bits per heavy atom. The van der Waals surface area contributed by atoms with Crippen molar-refractivity contribution in [1.82, 2.24) is 0 Å². The molecule has 1 rings (SSSR count). The van der Waals surface area contributed by atoms with Gasteiger partial charge < -0.3 is 4.74 Å². The zero-order valence-corrected chi connectivity index (χ0v) is 11.5. The SMILES string of the molecule is C/C=N/C(=N)OCCc1ccc(CC)c(CC)c1. The minimum absolute atomic E-state index is 0.0154.